The summed E-state index contributed by atoms with van der Waals surface area (Å²) in [6, 6.07) is 16.3. The Kier molecular flexibility index (Phi) is 3.04. The Morgan fingerprint density at radius 1 is 1.09 bits per heavy atom. The van der Waals surface area contributed by atoms with Gasteiger partial charge in [0.25, 0.3) is 5.78 Å². The monoisotopic (exact) mass is 353 g/mol. The molecule has 0 atom stereocenters. The van der Waals surface area contributed by atoms with Gasteiger partial charge < -0.3 is 4.90 Å². The number of anilines is 2. The predicted octanol–water partition coefficient (Wildman–Crippen LogP) is 3.81. The van der Waals surface area contributed by atoms with Crippen LogP contribution in [0.2, 0.25) is 0 Å². The summed E-state index contributed by atoms with van der Waals surface area (Å²) >= 11 is 3.52. The molecule has 22 heavy (non-hydrogen) atoms. The van der Waals surface area contributed by atoms with E-state index < -0.39 is 0 Å². The summed E-state index contributed by atoms with van der Waals surface area (Å²) in [4.78, 5) is 6.73. The molecular formula is C16H12BrN5. The lowest BCUT2D eigenvalue weighted by atomic mass is 10.2. The molecule has 5 nitrogen and oxygen atoms in total. The van der Waals surface area contributed by atoms with Crippen LogP contribution in [0.3, 0.4) is 0 Å². The van der Waals surface area contributed by atoms with Crippen molar-refractivity contribution >= 4 is 44.1 Å². The molecule has 0 aliphatic heterocycles. The van der Waals surface area contributed by atoms with Gasteiger partial charge in [-0.2, -0.15) is 4.98 Å². The highest BCUT2D eigenvalue weighted by Crippen LogP contribution is 2.31. The fourth-order valence-corrected chi connectivity index (χ4v) is 2.90. The van der Waals surface area contributed by atoms with Gasteiger partial charge in [0.1, 0.15) is 12.1 Å². The van der Waals surface area contributed by atoms with E-state index >= 15 is 0 Å². The largest absolute Gasteiger partial charge is 0.329 e. The van der Waals surface area contributed by atoms with Crippen molar-refractivity contribution < 1.29 is 0 Å². The first-order valence-electron chi connectivity index (χ1n) is 6.82. The molecule has 0 spiro atoms. The number of rotatable bonds is 2. The molecule has 108 valence electrons. The zero-order chi connectivity index (χ0) is 15.1. The molecule has 4 rings (SSSR count). The fraction of sp³-hybridized carbons (Fsp3) is 0.0625. The van der Waals surface area contributed by atoms with Crippen molar-refractivity contribution in [2.24, 2.45) is 0 Å². The minimum absolute atomic E-state index is 0.586. The number of benzene rings is 2. The van der Waals surface area contributed by atoms with Crippen LogP contribution in [-0.2, 0) is 0 Å². The molecule has 0 saturated heterocycles. The normalized spacial score (nSPS) is 11.2. The lowest BCUT2D eigenvalue weighted by molar-refractivity contribution is 1.08. The third kappa shape index (κ3) is 2.03. The van der Waals surface area contributed by atoms with E-state index in [-0.39, 0.29) is 0 Å². The zero-order valence-electron chi connectivity index (χ0n) is 11.8. The van der Waals surface area contributed by atoms with E-state index in [0.717, 1.165) is 26.9 Å². The minimum Gasteiger partial charge on any atom is -0.329 e. The molecule has 6 heteroatoms. The molecule has 0 aliphatic rings. The van der Waals surface area contributed by atoms with Gasteiger partial charge in [0, 0.05) is 22.6 Å². The van der Waals surface area contributed by atoms with Gasteiger partial charge in [-0.05, 0) is 30.3 Å². The van der Waals surface area contributed by atoms with Crippen molar-refractivity contribution in [1.82, 2.24) is 19.6 Å². The Hall–Kier alpha value is -2.47. The van der Waals surface area contributed by atoms with Crippen molar-refractivity contribution in [1.29, 1.82) is 0 Å². The molecule has 0 N–H and O–H groups in total. The van der Waals surface area contributed by atoms with Crippen LogP contribution in [0.1, 0.15) is 0 Å². The van der Waals surface area contributed by atoms with Gasteiger partial charge in [0.05, 0.1) is 5.52 Å². The van der Waals surface area contributed by atoms with Gasteiger partial charge in [0.2, 0.25) is 0 Å². The van der Waals surface area contributed by atoms with Crippen LogP contribution in [0.15, 0.2) is 59.3 Å². The molecule has 0 saturated carbocycles. The van der Waals surface area contributed by atoms with Crippen LogP contribution < -0.4 is 4.90 Å². The van der Waals surface area contributed by atoms with Crippen molar-refractivity contribution in [3.63, 3.8) is 0 Å². The molecule has 0 radical (unpaired) electrons. The third-order valence-corrected chi connectivity index (χ3v) is 4.15. The van der Waals surface area contributed by atoms with E-state index in [1.165, 1.54) is 0 Å². The lowest BCUT2D eigenvalue weighted by Crippen LogP contribution is -2.12. The summed E-state index contributed by atoms with van der Waals surface area (Å²) in [5, 5.41) is 9.11. The Morgan fingerprint density at radius 2 is 1.91 bits per heavy atom. The van der Waals surface area contributed by atoms with E-state index in [9.17, 15) is 0 Å². The van der Waals surface area contributed by atoms with Crippen LogP contribution in [-0.4, -0.2) is 26.6 Å². The maximum absolute atomic E-state index is 4.67. The zero-order valence-corrected chi connectivity index (χ0v) is 13.4. The Bertz CT molecular complexity index is 964. The highest BCUT2D eigenvalue weighted by Gasteiger charge is 2.14. The first kappa shape index (κ1) is 13.2. The van der Waals surface area contributed by atoms with Gasteiger partial charge in [-0.1, -0.05) is 34.1 Å². The van der Waals surface area contributed by atoms with E-state index in [4.69, 9.17) is 0 Å². The maximum atomic E-state index is 4.67. The van der Waals surface area contributed by atoms with Gasteiger partial charge in [-0.25, -0.2) is 0 Å². The number of hydrogen-bond donors (Lipinski definition) is 0. The summed E-state index contributed by atoms with van der Waals surface area (Å²) in [7, 11) is 2.01. The topological polar surface area (TPSA) is 46.3 Å². The average molecular weight is 354 g/mol. The quantitative estimate of drug-likeness (QED) is 0.549. The summed E-state index contributed by atoms with van der Waals surface area (Å²) in [5.74, 6) is 1.44. The first-order valence-corrected chi connectivity index (χ1v) is 7.61. The Morgan fingerprint density at radius 3 is 2.73 bits per heavy atom. The molecule has 2 heterocycles. The predicted molar refractivity (Wildman–Crippen MR) is 90.5 cm³/mol. The SMILES string of the molecule is CN(c1ccccc1)c1nc2nncn2c2cc(Br)ccc12. The molecule has 0 amide bonds. The Balaban J connectivity index is 2.03. The molecular weight excluding hydrogens is 342 g/mol. The number of fused-ring (bicyclic) bond motifs is 3. The second-order valence-corrected chi connectivity index (χ2v) is 5.91. The van der Waals surface area contributed by atoms with Crippen molar-refractivity contribution in [3.8, 4) is 0 Å². The standard InChI is InChI=1S/C16H12BrN5/c1-21(12-5-3-2-4-6-12)15-13-8-7-11(17)9-14(13)22-10-18-20-16(22)19-15/h2-10H,1H3. The van der Waals surface area contributed by atoms with Gasteiger partial charge in [-0.15, -0.1) is 10.2 Å². The minimum atomic E-state index is 0.586. The van der Waals surface area contributed by atoms with Gasteiger partial charge in [-0.3, -0.25) is 4.40 Å². The van der Waals surface area contributed by atoms with E-state index in [1.54, 1.807) is 6.33 Å². The number of nitrogens with zero attached hydrogens (tertiary/aromatic N) is 5. The number of halogens is 1. The van der Waals surface area contributed by atoms with Crippen LogP contribution >= 0.6 is 15.9 Å². The van der Waals surface area contributed by atoms with E-state index in [0.29, 0.717) is 5.78 Å². The lowest BCUT2D eigenvalue weighted by Gasteiger charge is -2.20. The third-order valence-electron chi connectivity index (χ3n) is 3.66. The van der Waals surface area contributed by atoms with Crippen LogP contribution in [0.25, 0.3) is 16.7 Å². The molecule has 0 aliphatic carbocycles. The molecule has 0 bridgehead atoms. The molecule has 0 unspecified atom stereocenters. The smallest absolute Gasteiger partial charge is 0.257 e. The van der Waals surface area contributed by atoms with E-state index in [1.807, 2.05) is 35.7 Å². The summed E-state index contributed by atoms with van der Waals surface area (Å²) in [6.45, 7) is 0. The van der Waals surface area contributed by atoms with E-state index in [2.05, 4.69) is 60.3 Å². The summed E-state index contributed by atoms with van der Waals surface area (Å²) in [6.07, 6.45) is 1.68. The maximum Gasteiger partial charge on any atom is 0.257 e. The molecule has 4 aromatic rings. The molecule has 0 fully saturated rings. The summed E-state index contributed by atoms with van der Waals surface area (Å²) in [5.41, 5.74) is 2.09. The van der Waals surface area contributed by atoms with Gasteiger partial charge in [0.15, 0.2) is 0 Å². The second-order valence-electron chi connectivity index (χ2n) is 4.99. The number of aromatic nitrogens is 4. The number of hydrogen-bond acceptors (Lipinski definition) is 4. The van der Waals surface area contributed by atoms with Crippen LogP contribution in [0, 0.1) is 0 Å². The number of para-hydroxylation sites is 1. The average Bonchev–Trinajstić information content (AvgIpc) is 3.03. The highest BCUT2D eigenvalue weighted by molar-refractivity contribution is 9.10. The van der Waals surface area contributed by atoms with Crippen molar-refractivity contribution in [2.75, 3.05) is 11.9 Å². The Labute approximate surface area is 135 Å². The van der Waals surface area contributed by atoms with Crippen LogP contribution in [0.5, 0.6) is 0 Å². The fourth-order valence-electron chi connectivity index (χ4n) is 2.55. The second kappa shape index (κ2) is 5.06. The van der Waals surface area contributed by atoms with Gasteiger partial charge >= 0.3 is 0 Å². The van der Waals surface area contributed by atoms with Crippen molar-refractivity contribution in [2.45, 2.75) is 0 Å². The van der Waals surface area contributed by atoms with Crippen LogP contribution in [0.4, 0.5) is 11.5 Å². The van der Waals surface area contributed by atoms with Crippen molar-refractivity contribution in [3.05, 3.63) is 59.3 Å². The molecule has 2 aromatic carbocycles. The molecule has 2 aromatic heterocycles. The summed E-state index contributed by atoms with van der Waals surface area (Å²) < 4.78 is 2.90. The first-order chi connectivity index (χ1) is 10.7. The highest BCUT2D eigenvalue weighted by atomic mass is 79.9.